The number of nitrogens with zero attached hydrogens (tertiary/aromatic N) is 1. The van der Waals surface area contributed by atoms with Gasteiger partial charge in [-0.3, -0.25) is 4.79 Å². The summed E-state index contributed by atoms with van der Waals surface area (Å²) in [5, 5.41) is 2.90. The fourth-order valence-electron chi connectivity index (χ4n) is 2.25. The maximum atomic E-state index is 11.7. The Morgan fingerprint density at radius 1 is 1.11 bits per heavy atom. The molecule has 4 heteroatoms. The number of nitrogens with one attached hydrogen (secondary N) is 1. The van der Waals surface area contributed by atoms with Crippen LogP contribution in [-0.4, -0.2) is 12.5 Å². The second-order valence-electron chi connectivity index (χ2n) is 4.55. The van der Waals surface area contributed by atoms with Gasteiger partial charge in [0.05, 0.1) is 17.9 Å². The van der Waals surface area contributed by atoms with Gasteiger partial charge in [0.1, 0.15) is 0 Å². The van der Waals surface area contributed by atoms with Gasteiger partial charge in [-0.1, -0.05) is 40.2 Å². The summed E-state index contributed by atoms with van der Waals surface area (Å²) >= 11 is 3.43. The number of carbonyl (C=O) groups excluding carboxylic acids is 1. The Morgan fingerprint density at radius 3 is 2.63 bits per heavy atom. The van der Waals surface area contributed by atoms with E-state index in [1.807, 2.05) is 36.4 Å². The van der Waals surface area contributed by atoms with Crippen molar-refractivity contribution in [2.24, 2.45) is 0 Å². The summed E-state index contributed by atoms with van der Waals surface area (Å²) in [7, 11) is 0. The van der Waals surface area contributed by atoms with Gasteiger partial charge < -0.3 is 10.2 Å². The van der Waals surface area contributed by atoms with Crippen LogP contribution in [0.1, 0.15) is 5.56 Å². The molecule has 2 aromatic carbocycles. The molecule has 0 spiro atoms. The third-order valence-corrected chi connectivity index (χ3v) is 3.67. The summed E-state index contributed by atoms with van der Waals surface area (Å²) in [6.07, 6.45) is 0. The van der Waals surface area contributed by atoms with E-state index in [1.165, 1.54) is 5.56 Å². The van der Waals surface area contributed by atoms with Gasteiger partial charge in [0.2, 0.25) is 5.91 Å². The standard InChI is InChI=1S/C15H13BrN2O/c16-12-7-5-11(6-8-12)9-18-10-15(19)17-13-3-1-2-4-14(13)18/h1-8H,9-10H2,(H,17,19). The number of hydrogen-bond acceptors (Lipinski definition) is 2. The number of benzene rings is 2. The van der Waals surface area contributed by atoms with Crippen molar-refractivity contribution >= 4 is 33.2 Å². The highest BCUT2D eigenvalue weighted by atomic mass is 79.9. The van der Waals surface area contributed by atoms with E-state index >= 15 is 0 Å². The maximum Gasteiger partial charge on any atom is 0.243 e. The van der Waals surface area contributed by atoms with Crippen molar-refractivity contribution < 1.29 is 4.79 Å². The maximum absolute atomic E-state index is 11.7. The van der Waals surface area contributed by atoms with Crippen LogP contribution < -0.4 is 10.2 Å². The molecule has 0 aromatic heterocycles. The first-order valence-electron chi connectivity index (χ1n) is 6.10. The van der Waals surface area contributed by atoms with Gasteiger partial charge in [-0.15, -0.1) is 0 Å². The Morgan fingerprint density at radius 2 is 1.84 bits per heavy atom. The molecule has 19 heavy (non-hydrogen) atoms. The second kappa shape index (κ2) is 5.05. The van der Waals surface area contributed by atoms with Crippen LogP contribution in [0.15, 0.2) is 53.0 Å². The van der Waals surface area contributed by atoms with E-state index in [1.54, 1.807) is 0 Å². The summed E-state index contributed by atoms with van der Waals surface area (Å²) in [6, 6.07) is 16.1. The minimum Gasteiger partial charge on any atom is -0.356 e. The molecule has 1 heterocycles. The third kappa shape index (κ3) is 2.63. The van der Waals surface area contributed by atoms with E-state index in [0.717, 1.165) is 22.4 Å². The van der Waals surface area contributed by atoms with E-state index in [4.69, 9.17) is 0 Å². The molecule has 0 radical (unpaired) electrons. The Labute approximate surface area is 120 Å². The summed E-state index contributed by atoms with van der Waals surface area (Å²) in [4.78, 5) is 13.8. The lowest BCUT2D eigenvalue weighted by molar-refractivity contribution is -0.115. The molecule has 96 valence electrons. The molecule has 0 bridgehead atoms. The zero-order valence-electron chi connectivity index (χ0n) is 10.3. The van der Waals surface area contributed by atoms with Gasteiger partial charge in [-0.2, -0.15) is 0 Å². The smallest absolute Gasteiger partial charge is 0.243 e. The van der Waals surface area contributed by atoms with Crippen molar-refractivity contribution in [3.05, 3.63) is 58.6 Å². The van der Waals surface area contributed by atoms with Crippen LogP contribution >= 0.6 is 15.9 Å². The third-order valence-electron chi connectivity index (χ3n) is 3.14. The number of para-hydroxylation sites is 2. The van der Waals surface area contributed by atoms with Crippen LogP contribution in [0.5, 0.6) is 0 Å². The van der Waals surface area contributed by atoms with Gasteiger partial charge in [-0.25, -0.2) is 0 Å². The topological polar surface area (TPSA) is 32.3 Å². The van der Waals surface area contributed by atoms with E-state index in [0.29, 0.717) is 6.54 Å². The molecule has 0 unspecified atom stereocenters. The number of rotatable bonds is 2. The summed E-state index contributed by atoms with van der Waals surface area (Å²) in [5.41, 5.74) is 3.15. The fraction of sp³-hybridized carbons (Fsp3) is 0.133. The molecule has 1 aliphatic heterocycles. The van der Waals surface area contributed by atoms with E-state index in [9.17, 15) is 4.79 Å². The average Bonchev–Trinajstić information content (AvgIpc) is 2.41. The first kappa shape index (κ1) is 12.2. The highest BCUT2D eigenvalue weighted by molar-refractivity contribution is 9.10. The van der Waals surface area contributed by atoms with Crippen LogP contribution in [0, 0.1) is 0 Å². The van der Waals surface area contributed by atoms with Crippen LogP contribution in [0.25, 0.3) is 0 Å². The molecule has 3 rings (SSSR count). The molecule has 0 fully saturated rings. The summed E-state index contributed by atoms with van der Waals surface area (Å²) in [5.74, 6) is 0.0378. The van der Waals surface area contributed by atoms with Crippen molar-refractivity contribution in [1.82, 2.24) is 0 Å². The normalized spacial score (nSPS) is 13.9. The summed E-state index contributed by atoms with van der Waals surface area (Å²) < 4.78 is 1.06. The van der Waals surface area contributed by atoms with Crippen molar-refractivity contribution in [3.8, 4) is 0 Å². The predicted octanol–water partition coefficient (Wildman–Crippen LogP) is 3.41. The van der Waals surface area contributed by atoms with Crippen molar-refractivity contribution in [2.75, 3.05) is 16.8 Å². The number of fused-ring (bicyclic) bond motifs is 1. The highest BCUT2D eigenvalue weighted by Gasteiger charge is 2.21. The van der Waals surface area contributed by atoms with E-state index < -0.39 is 0 Å². The lowest BCUT2D eigenvalue weighted by Gasteiger charge is -2.30. The van der Waals surface area contributed by atoms with Gasteiger partial charge in [-0.05, 0) is 29.8 Å². The van der Waals surface area contributed by atoms with Crippen LogP contribution in [0.2, 0.25) is 0 Å². The minimum absolute atomic E-state index is 0.0378. The molecule has 3 nitrogen and oxygen atoms in total. The zero-order valence-corrected chi connectivity index (χ0v) is 11.9. The molecule has 0 atom stereocenters. The van der Waals surface area contributed by atoms with Crippen molar-refractivity contribution in [3.63, 3.8) is 0 Å². The number of hydrogen-bond donors (Lipinski definition) is 1. The van der Waals surface area contributed by atoms with E-state index in [2.05, 4.69) is 38.3 Å². The average molecular weight is 317 g/mol. The van der Waals surface area contributed by atoms with Crippen LogP contribution in [-0.2, 0) is 11.3 Å². The SMILES string of the molecule is O=C1CN(Cc2ccc(Br)cc2)c2ccccc2N1. The number of carbonyl (C=O) groups is 1. The highest BCUT2D eigenvalue weighted by Crippen LogP contribution is 2.30. The lowest BCUT2D eigenvalue weighted by Crippen LogP contribution is -2.37. The molecule has 1 amide bonds. The fourth-order valence-corrected chi connectivity index (χ4v) is 2.52. The zero-order chi connectivity index (χ0) is 13.2. The Hall–Kier alpha value is -1.81. The molecule has 2 aromatic rings. The number of amides is 1. The Balaban J connectivity index is 1.89. The van der Waals surface area contributed by atoms with Crippen LogP contribution in [0.4, 0.5) is 11.4 Å². The minimum atomic E-state index is 0.0378. The first-order valence-corrected chi connectivity index (χ1v) is 6.90. The molecule has 0 aliphatic carbocycles. The molecule has 1 aliphatic rings. The largest absolute Gasteiger partial charge is 0.356 e. The van der Waals surface area contributed by atoms with E-state index in [-0.39, 0.29) is 5.91 Å². The van der Waals surface area contributed by atoms with Crippen LogP contribution in [0.3, 0.4) is 0 Å². The predicted molar refractivity (Wildman–Crippen MR) is 80.3 cm³/mol. The molecule has 1 N–H and O–H groups in total. The monoisotopic (exact) mass is 316 g/mol. The van der Waals surface area contributed by atoms with Gasteiger partial charge in [0.15, 0.2) is 0 Å². The number of halogens is 1. The van der Waals surface area contributed by atoms with Gasteiger partial charge >= 0.3 is 0 Å². The Bertz CT molecular complexity index is 610. The van der Waals surface area contributed by atoms with Crippen molar-refractivity contribution in [1.29, 1.82) is 0 Å². The van der Waals surface area contributed by atoms with Gasteiger partial charge in [0.25, 0.3) is 0 Å². The molecule has 0 saturated heterocycles. The quantitative estimate of drug-likeness (QED) is 0.921. The first-order chi connectivity index (χ1) is 9.22. The molecule has 0 saturated carbocycles. The summed E-state index contributed by atoms with van der Waals surface area (Å²) in [6.45, 7) is 1.13. The number of anilines is 2. The molecular weight excluding hydrogens is 304 g/mol. The second-order valence-corrected chi connectivity index (χ2v) is 5.46. The molecular formula is C15H13BrN2O. The van der Waals surface area contributed by atoms with Crippen molar-refractivity contribution in [2.45, 2.75) is 6.54 Å². The lowest BCUT2D eigenvalue weighted by atomic mass is 10.1. The van der Waals surface area contributed by atoms with Gasteiger partial charge in [0, 0.05) is 11.0 Å². The Kier molecular flexibility index (Phi) is 3.25.